The van der Waals surface area contributed by atoms with Crippen LogP contribution in [0.25, 0.3) is 6.08 Å². The van der Waals surface area contributed by atoms with Gasteiger partial charge in [0.25, 0.3) is 0 Å². The summed E-state index contributed by atoms with van der Waals surface area (Å²) in [5.41, 5.74) is 3.67. The highest BCUT2D eigenvalue weighted by molar-refractivity contribution is 6.06. The van der Waals surface area contributed by atoms with Crippen LogP contribution in [0.2, 0.25) is 0 Å². The Morgan fingerprint density at radius 2 is 1.75 bits per heavy atom. The van der Waals surface area contributed by atoms with Crippen molar-refractivity contribution in [3.8, 4) is 0 Å². The monoisotopic (exact) mass is 215 g/mol. The number of esters is 1. The summed E-state index contributed by atoms with van der Waals surface area (Å²) in [5, 5.41) is 0. The molecule has 0 amide bonds. The third-order valence-corrected chi connectivity index (χ3v) is 2.27. The zero-order valence-electron chi connectivity index (χ0n) is 9.57. The summed E-state index contributed by atoms with van der Waals surface area (Å²) in [6, 6.07) is 6.11. The third-order valence-electron chi connectivity index (χ3n) is 2.27. The van der Waals surface area contributed by atoms with Crippen LogP contribution in [-0.2, 0) is 9.53 Å². The largest absolute Gasteiger partial charge is 0.407 e. The maximum atomic E-state index is 11.4. The van der Waals surface area contributed by atoms with E-state index in [1.807, 2.05) is 26.0 Å². The molecule has 1 aromatic carbocycles. The van der Waals surface area contributed by atoms with Gasteiger partial charge in [0, 0.05) is 6.92 Å². The molecular weight excluding hydrogens is 202 g/mol. The molecule has 0 saturated heterocycles. The Hall–Kier alpha value is -1.90. The number of aryl methyl sites for hydroxylation is 2. The molecule has 1 aromatic rings. The van der Waals surface area contributed by atoms with Crippen LogP contribution >= 0.6 is 0 Å². The van der Waals surface area contributed by atoms with E-state index in [1.165, 1.54) is 11.1 Å². The Morgan fingerprint density at radius 3 is 2.25 bits per heavy atom. The second-order valence-electron chi connectivity index (χ2n) is 3.97. The van der Waals surface area contributed by atoms with Gasteiger partial charge in [-0.3, -0.25) is 0 Å². The Morgan fingerprint density at radius 1 is 1.12 bits per heavy atom. The van der Waals surface area contributed by atoms with Gasteiger partial charge in [0.15, 0.2) is 11.6 Å². The molecule has 0 saturated carbocycles. The van der Waals surface area contributed by atoms with Crippen molar-refractivity contribution in [3.63, 3.8) is 0 Å². The lowest BCUT2D eigenvalue weighted by atomic mass is 10.1. The highest BCUT2D eigenvalue weighted by Crippen LogP contribution is 2.17. The molecule has 0 fully saturated rings. The number of hydrogen-bond acceptors (Lipinski definition) is 3. The summed E-state index contributed by atoms with van der Waals surface area (Å²) in [7, 11) is 0. The molecule has 0 unspecified atom stereocenters. The molecule has 1 aliphatic rings. The fourth-order valence-electron chi connectivity index (χ4n) is 1.77. The van der Waals surface area contributed by atoms with Gasteiger partial charge in [-0.1, -0.05) is 29.3 Å². The van der Waals surface area contributed by atoms with E-state index >= 15 is 0 Å². The number of cyclic esters (lactones) is 1. The van der Waals surface area contributed by atoms with E-state index in [4.69, 9.17) is 4.74 Å². The molecule has 3 nitrogen and oxygen atoms in total. The summed E-state index contributed by atoms with van der Waals surface area (Å²) >= 11 is 0. The second-order valence-corrected chi connectivity index (χ2v) is 3.97. The molecule has 0 aromatic heterocycles. The van der Waals surface area contributed by atoms with Gasteiger partial charge in [0.05, 0.1) is 0 Å². The average molecular weight is 215 g/mol. The molecule has 0 radical (unpaired) electrons. The van der Waals surface area contributed by atoms with Crippen LogP contribution in [0.3, 0.4) is 0 Å². The fourth-order valence-corrected chi connectivity index (χ4v) is 1.77. The summed E-state index contributed by atoms with van der Waals surface area (Å²) < 4.78 is 4.85. The van der Waals surface area contributed by atoms with Crippen molar-refractivity contribution in [2.75, 3.05) is 0 Å². The second kappa shape index (κ2) is 3.93. The summed E-state index contributed by atoms with van der Waals surface area (Å²) in [6.45, 7) is 5.72. The quantitative estimate of drug-likeness (QED) is 0.533. The van der Waals surface area contributed by atoms with Crippen molar-refractivity contribution in [3.05, 3.63) is 40.6 Å². The van der Waals surface area contributed by atoms with Gasteiger partial charge in [-0.2, -0.15) is 0 Å². The number of benzene rings is 1. The first-order chi connectivity index (χ1) is 7.54. The predicted octanol–water partition coefficient (Wildman–Crippen LogP) is 2.62. The van der Waals surface area contributed by atoms with Gasteiger partial charge in [-0.15, -0.1) is 0 Å². The zero-order chi connectivity index (χ0) is 11.7. The predicted molar refractivity (Wildman–Crippen MR) is 63.1 cm³/mol. The summed E-state index contributed by atoms with van der Waals surface area (Å²) in [5.74, 6) is 0.0253. The van der Waals surface area contributed by atoms with Gasteiger partial charge in [0.1, 0.15) is 0 Å². The lowest BCUT2D eigenvalue weighted by Crippen LogP contribution is -1.99. The van der Waals surface area contributed by atoms with Crippen molar-refractivity contribution < 1.29 is 9.53 Å². The first-order valence-corrected chi connectivity index (χ1v) is 5.12. The first kappa shape index (κ1) is 10.6. The van der Waals surface area contributed by atoms with E-state index in [0.29, 0.717) is 11.6 Å². The van der Waals surface area contributed by atoms with E-state index in [-0.39, 0.29) is 5.97 Å². The molecular formula is C13H13NO2. The minimum atomic E-state index is -0.378. The normalized spacial score (nSPS) is 17.6. The van der Waals surface area contributed by atoms with Crippen molar-refractivity contribution in [2.24, 2.45) is 4.99 Å². The molecule has 1 heterocycles. The average Bonchev–Trinajstić information content (AvgIpc) is 2.43. The van der Waals surface area contributed by atoms with Gasteiger partial charge in [-0.05, 0) is 25.5 Å². The number of carbonyl (C=O) groups is 1. The molecule has 0 spiro atoms. The van der Waals surface area contributed by atoms with Crippen LogP contribution in [0.15, 0.2) is 28.9 Å². The number of aliphatic imine (C=N–C) groups is 1. The van der Waals surface area contributed by atoms with Gasteiger partial charge in [0.2, 0.25) is 0 Å². The van der Waals surface area contributed by atoms with Crippen molar-refractivity contribution in [2.45, 2.75) is 20.8 Å². The number of nitrogens with zero attached hydrogens (tertiary/aromatic N) is 1. The zero-order valence-corrected chi connectivity index (χ0v) is 9.57. The molecule has 3 heteroatoms. The molecule has 82 valence electrons. The molecule has 0 aliphatic carbocycles. The van der Waals surface area contributed by atoms with Crippen molar-refractivity contribution in [1.82, 2.24) is 0 Å². The molecule has 16 heavy (non-hydrogen) atoms. The Balaban J connectivity index is 2.39. The minimum absolute atomic E-state index is 0.363. The topological polar surface area (TPSA) is 38.7 Å². The smallest absolute Gasteiger partial charge is 0.363 e. The van der Waals surface area contributed by atoms with Gasteiger partial charge < -0.3 is 4.74 Å². The maximum absolute atomic E-state index is 11.4. The SMILES string of the molecule is CC1=NC(=Cc2cc(C)cc(C)c2)C(=O)O1. The van der Waals surface area contributed by atoms with Gasteiger partial charge in [-0.25, -0.2) is 9.79 Å². The van der Waals surface area contributed by atoms with Crippen LogP contribution in [0.1, 0.15) is 23.6 Å². The molecule has 0 bridgehead atoms. The Bertz CT molecular complexity index is 492. The molecule has 2 rings (SSSR count). The Kier molecular flexibility index (Phi) is 2.60. The summed E-state index contributed by atoms with van der Waals surface area (Å²) in [6.07, 6.45) is 1.75. The van der Waals surface area contributed by atoms with E-state index in [9.17, 15) is 4.79 Å². The van der Waals surface area contributed by atoms with E-state index in [1.54, 1.807) is 13.0 Å². The van der Waals surface area contributed by atoms with Crippen LogP contribution in [0.5, 0.6) is 0 Å². The van der Waals surface area contributed by atoms with Crippen molar-refractivity contribution in [1.29, 1.82) is 0 Å². The first-order valence-electron chi connectivity index (χ1n) is 5.12. The van der Waals surface area contributed by atoms with Crippen LogP contribution in [0, 0.1) is 13.8 Å². The van der Waals surface area contributed by atoms with Crippen LogP contribution in [-0.4, -0.2) is 11.9 Å². The summed E-state index contributed by atoms with van der Waals surface area (Å²) in [4.78, 5) is 15.4. The van der Waals surface area contributed by atoms with Gasteiger partial charge >= 0.3 is 5.97 Å². The Labute approximate surface area is 94.5 Å². The number of ether oxygens (including phenoxy) is 1. The highest BCUT2D eigenvalue weighted by atomic mass is 16.6. The fraction of sp³-hybridized carbons (Fsp3) is 0.231. The molecule has 1 aliphatic heterocycles. The van der Waals surface area contributed by atoms with Crippen molar-refractivity contribution >= 4 is 17.9 Å². The van der Waals surface area contributed by atoms with E-state index in [0.717, 1.165) is 5.56 Å². The lowest BCUT2D eigenvalue weighted by Gasteiger charge is -1.99. The van der Waals surface area contributed by atoms with E-state index < -0.39 is 0 Å². The van der Waals surface area contributed by atoms with E-state index in [2.05, 4.69) is 11.1 Å². The van der Waals surface area contributed by atoms with Crippen LogP contribution in [0.4, 0.5) is 0 Å². The number of rotatable bonds is 1. The third kappa shape index (κ3) is 2.19. The minimum Gasteiger partial charge on any atom is -0.407 e. The maximum Gasteiger partial charge on any atom is 0.363 e. The molecule has 0 N–H and O–H groups in total. The number of hydrogen-bond donors (Lipinski definition) is 0. The van der Waals surface area contributed by atoms with Crippen LogP contribution < -0.4 is 0 Å². The standard InChI is InChI=1S/C13H13NO2/c1-8-4-9(2)6-11(5-8)7-12-13(15)16-10(3)14-12/h4-7H,1-3H3. The molecule has 0 atom stereocenters. The highest BCUT2D eigenvalue weighted by Gasteiger charge is 2.19. The lowest BCUT2D eigenvalue weighted by molar-refractivity contribution is -0.130. The number of carbonyl (C=O) groups excluding carboxylic acids is 1.